The monoisotopic (exact) mass is 575 g/mol. The van der Waals surface area contributed by atoms with Gasteiger partial charge in [0.2, 0.25) is 0 Å². The van der Waals surface area contributed by atoms with E-state index >= 15 is 0 Å². The fraction of sp³-hybridized carbons (Fsp3) is 0. The SMILES string of the molecule is c1ccc(-c2cccc(-c3nc(-c4ccccc4)nc(-c4cccc5oc6cc7ccc8ccccc8c7cc6c45)n3)c2)cc1. The number of rotatable bonds is 4. The van der Waals surface area contributed by atoms with E-state index in [1.165, 1.54) is 16.2 Å². The first-order chi connectivity index (χ1) is 22.3. The Morgan fingerprint density at radius 2 is 1.00 bits per heavy atom. The topological polar surface area (TPSA) is 51.8 Å². The summed E-state index contributed by atoms with van der Waals surface area (Å²) in [5, 5.41) is 6.81. The molecule has 45 heavy (non-hydrogen) atoms. The molecular weight excluding hydrogens is 550 g/mol. The van der Waals surface area contributed by atoms with Gasteiger partial charge in [-0.2, -0.15) is 0 Å². The minimum absolute atomic E-state index is 0.607. The third kappa shape index (κ3) is 4.35. The third-order valence-electron chi connectivity index (χ3n) is 8.50. The molecule has 0 aliphatic carbocycles. The van der Waals surface area contributed by atoms with Crippen LogP contribution in [0.4, 0.5) is 0 Å². The average molecular weight is 576 g/mol. The predicted octanol–water partition coefficient (Wildman–Crippen LogP) is 10.7. The van der Waals surface area contributed by atoms with Crippen LogP contribution >= 0.6 is 0 Å². The van der Waals surface area contributed by atoms with Crippen molar-refractivity contribution in [2.75, 3.05) is 0 Å². The summed E-state index contributed by atoms with van der Waals surface area (Å²) >= 11 is 0. The molecule has 0 amide bonds. The molecule has 2 aromatic heterocycles. The Bertz CT molecular complexity index is 2540. The van der Waals surface area contributed by atoms with Gasteiger partial charge in [-0.1, -0.05) is 127 Å². The molecule has 0 fully saturated rings. The number of aromatic nitrogens is 3. The van der Waals surface area contributed by atoms with Crippen molar-refractivity contribution in [3.8, 4) is 45.3 Å². The molecule has 0 bridgehead atoms. The largest absolute Gasteiger partial charge is 0.456 e. The van der Waals surface area contributed by atoms with Crippen molar-refractivity contribution in [1.29, 1.82) is 0 Å². The van der Waals surface area contributed by atoms with Gasteiger partial charge in [-0.25, -0.2) is 15.0 Å². The predicted molar refractivity (Wildman–Crippen MR) is 184 cm³/mol. The lowest BCUT2D eigenvalue weighted by atomic mass is 9.98. The highest BCUT2D eigenvalue weighted by atomic mass is 16.3. The minimum atomic E-state index is 0.607. The second-order valence-corrected chi connectivity index (χ2v) is 11.3. The molecule has 0 saturated carbocycles. The molecule has 0 unspecified atom stereocenters. The summed E-state index contributed by atoms with van der Waals surface area (Å²) < 4.78 is 6.46. The van der Waals surface area contributed by atoms with Crippen LogP contribution in [0.2, 0.25) is 0 Å². The molecule has 9 aromatic rings. The van der Waals surface area contributed by atoms with Crippen LogP contribution in [0.5, 0.6) is 0 Å². The standard InChI is InChI=1S/C41H25N3O/c1-3-11-26(12-4-1)29-16-9-17-31(23-29)40-42-39(28-14-5-2-6-15-28)43-41(44-40)33-19-10-20-36-38(33)35-25-34-30(24-37(35)45-36)22-21-27-13-7-8-18-32(27)34/h1-25H. The second kappa shape index (κ2) is 10.2. The number of hydrogen-bond acceptors (Lipinski definition) is 4. The van der Waals surface area contributed by atoms with Crippen molar-refractivity contribution in [3.05, 3.63) is 152 Å². The molecule has 9 rings (SSSR count). The average Bonchev–Trinajstić information content (AvgIpc) is 3.49. The smallest absolute Gasteiger partial charge is 0.164 e. The Kier molecular flexibility index (Phi) is 5.78. The van der Waals surface area contributed by atoms with E-state index in [4.69, 9.17) is 19.4 Å². The van der Waals surface area contributed by atoms with E-state index in [2.05, 4.69) is 103 Å². The summed E-state index contributed by atoms with van der Waals surface area (Å²) in [5.41, 5.74) is 6.67. The highest BCUT2D eigenvalue weighted by molar-refractivity contribution is 6.19. The maximum Gasteiger partial charge on any atom is 0.164 e. The Hall–Kier alpha value is -6.13. The van der Waals surface area contributed by atoms with Gasteiger partial charge in [-0.3, -0.25) is 0 Å². The van der Waals surface area contributed by atoms with Crippen LogP contribution in [-0.2, 0) is 0 Å². The zero-order valence-corrected chi connectivity index (χ0v) is 24.2. The van der Waals surface area contributed by atoms with E-state index in [1.54, 1.807) is 0 Å². The lowest BCUT2D eigenvalue weighted by molar-refractivity contribution is 0.669. The zero-order valence-electron chi connectivity index (χ0n) is 24.2. The van der Waals surface area contributed by atoms with Gasteiger partial charge in [0.25, 0.3) is 0 Å². The van der Waals surface area contributed by atoms with Crippen LogP contribution in [0, 0.1) is 0 Å². The first-order valence-electron chi connectivity index (χ1n) is 15.0. The van der Waals surface area contributed by atoms with E-state index in [1.807, 2.05) is 48.5 Å². The molecule has 0 atom stereocenters. The lowest BCUT2D eigenvalue weighted by Gasteiger charge is -2.10. The second-order valence-electron chi connectivity index (χ2n) is 11.3. The Balaban J connectivity index is 1.30. The number of benzene rings is 7. The van der Waals surface area contributed by atoms with Gasteiger partial charge in [0.05, 0.1) is 0 Å². The van der Waals surface area contributed by atoms with Crippen LogP contribution in [0.25, 0.3) is 88.8 Å². The van der Waals surface area contributed by atoms with Crippen LogP contribution in [-0.4, -0.2) is 15.0 Å². The van der Waals surface area contributed by atoms with Gasteiger partial charge in [-0.15, -0.1) is 0 Å². The van der Waals surface area contributed by atoms with E-state index in [9.17, 15) is 0 Å². The Morgan fingerprint density at radius 3 is 1.84 bits per heavy atom. The highest BCUT2D eigenvalue weighted by Gasteiger charge is 2.19. The molecule has 4 heteroatoms. The van der Waals surface area contributed by atoms with Crippen LogP contribution in [0.3, 0.4) is 0 Å². The molecule has 0 N–H and O–H groups in total. The number of nitrogens with zero attached hydrogens (tertiary/aromatic N) is 3. The summed E-state index contributed by atoms with van der Waals surface area (Å²) in [6.07, 6.45) is 0. The summed E-state index contributed by atoms with van der Waals surface area (Å²) in [4.78, 5) is 15.2. The van der Waals surface area contributed by atoms with Crippen LogP contribution in [0.15, 0.2) is 156 Å². The zero-order chi connectivity index (χ0) is 29.7. The molecule has 2 heterocycles. The number of fused-ring (bicyclic) bond motifs is 6. The molecule has 210 valence electrons. The van der Waals surface area contributed by atoms with Crippen molar-refractivity contribution >= 4 is 43.5 Å². The maximum absolute atomic E-state index is 6.46. The van der Waals surface area contributed by atoms with Crippen molar-refractivity contribution in [3.63, 3.8) is 0 Å². The van der Waals surface area contributed by atoms with Gasteiger partial charge in [-0.05, 0) is 56.9 Å². The van der Waals surface area contributed by atoms with Crippen molar-refractivity contribution in [2.45, 2.75) is 0 Å². The molecule has 7 aromatic carbocycles. The summed E-state index contributed by atoms with van der Waals surface area (Å²) in [5.74, 6) is 1.86. The van der Waals surface area contributed by atoms with Crippen LogP contribution < -0.4 is 0 Å². The molecule has 0 spiro atoms. The summed E-state index contributed by atoms with van der Waals surface area (Å²) in [6, 6.07) is 52.2. The minimum Gasteiger partial charge on any atom is -0.456 e. The molecule has 0 saturated heterocycles. The highest BCUT2D eigenvalue weighted by Crippen LogP contribution is 2.39. The van der Waals surface area contributed by atoms with Gasteiger partial charge < -0.3 is 4.42 Å². The summed E-state index contributed by atoms with van der Waals surface area (Å²) in [6.45, 7) is 0. The number of furan rings is 1. The fourth-order valence-electron chi connectivity index (χ4n) is 6.32. The molecule has 0 aliphatic heterocycles. The summed E-state index contributed by atoms with van der Waals surface area (Å²) in [7, 11) is 0. The van der Waals surface area contributed by atoms with Gasteiger partial charge >= 0.3 is 0 Å². The molecule has 0 aliphatic rings. The molecular formula is C41H25N3O. The normalized spacial score (nSPS) is 11.6. The van der Waals surface area contributed by atoms with Gasteiger partial charge in [0, 0.05) is 27.5 Å². The van der Waals surface area contributed by atoms with Gasteiger partial charge in [0.15, 0.2) is 17.5 Å². The van der Waals surface area contributed by atoms with Gasteiger partial charge in [0.1, 0.15) is 11.2 Å². The number of hydrogen-bond donors (Lipinski definition) is 0. The lowest BCUT2D eigenvalue weighted by Crippen LogP contribution is -2.00. The first-order valence-corrected chi connectivity index (χ1v) is 15.0. The van der Waals surface area contributed by atoms with E-state index in [0.29, 0.717) is 17.5 Å². The van der Waals surface area contributed by atoms with E-state index in [0.717, 1.165) is 55.1 Å². The molecule has 0 radical (unpaired) electrons. The first kappa shape index (κ1) is 25.4. The Morgan fingerprint density at radius 1 is 0.356 bits per heavy atom. The maximum atomic E-state index is 6.46. The van der Waals surface area contributed by atoms with Crippen LogP contribution in [0.1, 0.15) is 0 Å². The molecule has 4 nitrogen and oxygen atoms in total. The third-order valence-corrected chi connectivity index (χ3v) is 8.50. The Labute approximate surface area is 259 Å². The van der Waals surface area contributed by atoms with Crippen molar-refractivity contribution in [1.82, 2.24) is 15.0 Å². The van der Waals surface area contributed by atoms with E-state index in [-0.39, 0.29) is 0 Å². The van der Waals surface area contributed by atoms with E-state index < -0.39 is 0 Å². The van der Waals surface area contributed by atoms with Crippen molar-refractivity contribution in [2.24, 2.45) is 0 Å². The quantitative estimate of drug-likeness (QED) is 0.196. The fourth-order valence-corrected chi connectivity index (χ4v) is 6.32. The van der Waals surface area contributed by atoms with Crippen molar-refractivity contribution < 1.29 is 4.42 Å².